The molecule has 2 N–H and O–H groups in total. The highest BCUT2D eigenvalue weighted by Gasteiger charge is 2.16. The molecule has 0 heterocycles. The third-order valence-electron chi connectivity index (χ3n) is 2.76. The van der Waals surface area contributed by atoms with Crippen LogP contribution in [0.15, 0.2) is 47.4 Å². The zero-order chi connectivity index (χ0) is 14.8. The molecular weight excluding hydrogens is 281 g/mol. The van der Waals surface area contributed by atoms with Gasteiger partial charge in [0.25, 0.3) is 10.0 Å². The van der Waals surface area contributed by atoms with Crippen LogP contribution in [0.25, 0.3) is 0 Å². The molecule has 0 saturated carbocycles. The molecule has 0 spiro atoms. The molecule has 106 valence electrons. The number of aliphatic hydroxyl groups is 1. The number of aryl methyl sites for hydroxylation is 1. The molecule has 0 atom stereocenters. The van der Waals surface area contributed by atoms with E-state index in [1.807, 2.05) is 0 Å². The summed E-state index contributed by atoms with van der Waals surface area (Å²) in [6, 6.07) is 10.1. The zero-order valence-electron chi connectivity index (χ0n) is 10.8. The monoisotopic (exact) mass is 295 g/mol. The summed E-state index contributed by atoms with van der Waals surface area (Å²) >= 11 is 0. The summed E-state index contributed by atoms with van der Waals surface area (Å²) in [5, 5.41) is 9.02. The van der Waals surface area contributed by atoms with Crippen LogP contribution in [0.4, 0.5) is 10.1 Å². The van der Waals surface area contributed by atoms with E-state index in [2.05, 4.69) is 4.72 Å². The highest BCUT2D eigenvalue weighted by Crippen LogP contribution is 2.20. The van der Waals surface area contributed by atoms with Crippen molar-refractivity contribution in [3.05, 3.63) is 59.4 Å². The maximum Gasteiger partial charge on any atom is 0.261 e. The van der Waals surface area contributed by atoms with Crippen molar-refractivity contribution >= 4 is 15.7 Å². The lowest BCUT2D eigenvalue weighted by Gasteiger charge is -2.10. The van der Waals surface area contributed by atoms with Crippen molar-refractivity contribution in [1.82, 2.24) is 0 Å². The molecule has 0 aliphatic carbocycles. The first-order valence-electron chi connectivity index (χ1n) is 5.91. The van der Waals surface area contributed by atoms with Gasteiger partial charge in [-0.1, -0.05) is 18.2 Å². The molecule has 2 aromatic carbocycles. The van der Waals surface area contributed by atoms with E-state index in [-0.39, 0.29) is 17.2 Å². The minimum absolute atomic E-state index is 0.0241. The topological polar surface area (TPSA) is 66.4 Å². The van der Waals surface area contributed by atoms with Gasteiger partial charge in [0.15, 0.2) is 0 Å². The number of nitrogens with one attached hydrogen (secondary N) is 1. The number of aliphatic hydroxyl groups excluding tert-OH is 1. The molecule has 0 unspecified atom stereocenters. The van der Waals surface area contributed by atoms with Crippen LogP contribution in [0.3, 0.4) is 0 Å². The predicted molar refractivity (Wildman–Crippen MR) is 74.3 cm³/mol. The molecule has 0 fully saturated rings. The molecule has 0 bridgehead atoms. The summed E-state index contributed by atoms with van der Waals surface area (Å²) < 4.78 is 40.2. The van der Waals surface area contributed by atoms with Gasteiger partial charge in [0.2, 0.25) is 0 Å². The quantitative estimate of drug-likeness (QED) is 0.910. The Balaban J connectivity index is 2.35. The molecule has 0 radical (unpaired) electrons. The second-order valence-corrected chi connectivity index (χ2v) is 6.08. The fourth-order valence-electron chi connectivity index (χ4n) is 1.72. The number of hydrogen-bond donors (Lipinski definition) is 2. The fourth-order valence-corrected chi connectivity index (χ4v) is 2.85. The molecule has 4 nitrogen and oxygen atoms in total. The highest BCUT2D eigenvalue weighted by atomic mass is 32.2. The van der Waals surface area contributed by atoms with Crippen molar-refractivity contribution < 1.29 is 17.9 Å². The number of sulfonamides is 1. The zero-order valence-corrected chi connectivity index (χ0v) is 11.6. The van der Waals surface area contributed by atoms with E-state index in [9.17, 15) is 12.8 Å². The summed E-state index contributed by atoms with van der Waals surface area (Å²) in [5.74, 6) is -0.633. The van der Waals surface area contributed by atoms with Crippen molar-refractivity contribution in [2.75, 3.05) is 4.72 Å². The number of halogens is 1. The first-order chi connectivity index (χ1) is 9.42. The molecule has 6 heteroatoms. The number of hydrogen-bond acceptors (Lipinski definition) is 3. The lowest BCUT2D eigenvalue weighted by Crippen LogP contribution is -2.14. The van der Waals surface area contributed by atoms with Crippen LogP contribution in [0.5, 0.6) is 0 Å². The summed E-state index contributed by atoms with van der Waals surface area (Å²) in [6.07, 6.45) is 0. The average molecular weight is 295 g/mol. The second-order valence-electron chi connectivity index (χ2n) is 4.39. The Hall–Kier alpha value is -1.92. The first kappa shape index (κ1) is 14.5. The van der Waals surface area contributed by atoms with E-state index in [4.69, 9.17) is 5.11 Å². The third kappa shape index (κ3) is 3.15. The van der Waals surface area contributed by atoms with Crippen LogP contribution in [-0.2, 0) is 16.6 Å². The van der Waals surface area contributed by atoms with Crippen molar-refractivity contribution in [3.63, 3.8) is 0 Å². The highest BCUT2D eigenvalue weighted by molar-refractivity contribution is 7.92. The number of benzene rings is 2. The van der Waals surface area contributed by atoms with Crippen LogP contribution >= 0.6 is 0 Å². The predicted octanol–water partition coefficient (Wildman–Crippen LogP) is 2.43. The molecule has 0 saturated heterocycles. The molecule has 0 aliphatic heterocycles. The first-order valence-corrected chi connectivity index (χ1v) is 7.39. The second kappa shape index (κ2) is 5.60. The van der Waals surface area contributed by atoms with E-state index < -0.39 is 15.8 Å². The van der Waals surface area contributed by atoms with Gasteiger partial charge in [0.05, 0.1) is 17.2 Å². The standard InChI is InChI=1S/C14H14FNO3S/c1-10-5-6-14(13(15)7-10)16-20(18,19)12-4-2-3-11(8-12)9-17/h2-8,16-17H,9H2,1H3. The number of anilines is 1. The van der Waals surface area contributed by atoms with E-state index in [0.717, 1.165) is 0 Å². The van der Waals surface area contributed by atoms with Crippen LogP contribution < -0.4 is 4.72 Å². The van der Waals surface area contributed by atoms with Gasteiger partial charge in [-0.05, 0) is 42.3 Å². The Labute approximate surface area is 116 Å². The molecule has 20 heavy (non-hydrogen) atoms. The molecular formula is C14H14FNO3S. The largest absolute Gasteiger partial charge is 0.392 e. The Morgan fingerprint density at radius 1 is 1.20 bits per heavy atom. The van der Waals surface area contributed by atoms with Gasteiger partial charge in [-0.2, -0.15) is 0 Å². The van der Waals surface area contributed by atoms with Crippen molar-refractivity contribution in [3.8, 4) is 0 Å². The number of rotatable bonds is 4. The van der Waals surface area contributed by atoms with Crippen LogP contribution in [-0.4, -0.2) is 13.5 Å². The van der Waals surface area contributed by atoms with Crippen LogP contribution in [0, 0.1) is 12.7 Å². The molecule has 0 aliphatic rings. The van der Waals surface area contributed by atoms with E-state index in [0.29, 0.717) is 11.1 Å². The lowest BCUT2D eigenvalue weighted by molar-refractivity contribution is 0.281. The summed E-state index contributed by atoms with van der Waals surface area (Å²) in [5.41, 5.74) is 1.06. The van der Waals surface area contributed by atoms with Crippen LogP contribution in [0.2, 0.25) is 0 Å². The Morgan fingerprint density at radius 3 is 2.60 bits per heavy atom. The minimum Gasteiger partial charge on any atom is -0.392 e. The average Bonchev–Trinajstić information content (AvgIpc) is 2.42. The maximum absolute atomic E-state index is 13.7. The minimum atomic E-state index is -3.88. The van der Waals surface area contributed by atoms with Gasteiger partial charge in [0.1, 0.15) is 5.82 Å². The van der Waals surface area contributed by atoms with Gasteiger partial charge in [0, 0.05) is 0 Å². The molecule has 2 rings (SSSR count). The molecule has 0 amide bonds. The Morgan fingerprint density at radius 2 is 1.95 bits per heavy atom. The normalized spacial score (nSPS) is 11.3. The van der Waals surface area contributed by atoms with Gasteiger partial charge in [-0.25, -0.2) is 12.8 Å². The van der Waals surface area contributed by atoms with Crippen molar-refractivity contribution in [2.45, 2.75) is 18.4 Å². The fraction of sp³-hybridized carbons (Fsp3) is 0.143. The summed E-state index contributed by atoms with van der Waals surface area (Å²) in [4.78, 5) is -0.0241. The van der Waals surface area contributed by atoms with E-state index >= 15 is 0 Å². The van der Waals surface area contributed by atoms with E-state index in [1.165, 1.54) is 30.3 Å². The third-order valence-corrected chi connectivity index (χ3v) is 4.12. The van der Waals surface area contributed by atoms with E-state index in [1.54, 1.807) is 19.1 Å². The van der Waals surface area contributed by atoms with Crippen molar-refractivity contribution in [2.24, 2.45) is 0 Å². The van der Waals surface area contributed by atoms with Gasteiger partial charge >= 0.3 is 0 Å². The summed E-state index contributed by atoms with van der Waals surface area (Å²) in [7, 11) is -3.88. The molecule has 2 aromatic rings. The maximum atomic E-state index is 13.7. The van der Waals surface area contributed by atoms with Crippen molar-refractivity contribution in [1.29, 1.82) is 0 Å². The van der Waals surface area contributed by atoms with Gasteiger partial charge in [-0.15, -0.1) is 0 Å². The SMILES string of the molecule is Cc1ccc(NS(=O)(=O)c2cccc(CO)c2)c(F)c1. The Kier molecular flexibility index (Phi) is 4.06. The summed E-state index contributed by atoms with van der Waals surface area (Å²) in [6.45, 7) is 1.45. The van der Waals surface area contributed by atoms with Gasteiger partial charge < -0.3 is 5.11 Å². The Bertz CT molecular complexity index is 729. The smallest absolute Gasteiger partial charge is 0.261 e. The lowest BCUT2D eigenvalue weighted by atomic mass is 10.2. The van der Waals surface area contributed by atoms with Crippen LogP contribution in [0.1, 0.15) is 11.1 Å². The van der Waals surface area contributed by atoms with Gasteiger partial charge in [-0.3, -0.25) is 4.72 Å². The molecule has 0 aromatic heterocycles.